The lowest BCUT2D eigenvalue weighted by molar-refractivity contribution is 0.553. The van der Waals surface area contributed by atoms with E-state index in [2.05, 4.69) is 51.7 Å². The van der Waals surface area contributed by atoms with E-state index >= 15 is 0 Å². The second kappa shape index (κ2) is 6.71. The van der Waals surface area contributed by atoms with Crippen LogP contribution in [0.1, 0.15) is 23.4 Å². The van der Waals surface area contributed by atoms with E-state index in [0.717, 1.165) is 22.5 Å². The van der Waals surface area contributed by atoms with Crippen molar-refractivity contribution in [2.24, 2.45) is 0 Å². The van der Waals surface area contributed by atoms with Crippen LogP contribution in [-0.4, -0.2) is 6.54 Å². The SMILES string of the molecule is CCNC(Cc1cc(Br)cs1)c1ccc(Cl)cc1. The Morgan fingerprint density at radius 3 is 2.61 bits per heavy atom. The summed E-state index contributed by atoms with van der Waals surface area (Å²) >= 11 is 11.2. The third kappa shape index (κ3) is 3.82. The molecule has 0 saturated carbocycles. The van der Waals surface area contributed by atoms with Gasteiger partial charge in [-0.05, 0) is 46.2 Å². The van der Waals surface area contributed by atoms with Crippen LogP contribution in [0.15, 0.2) is 40.2 Å². The van der Waals surface area contributed by atoms with Crippen LogP contribution in [0.25, 0.3) is 0 Å². The largest absolute Gasteiger partial charge is 0.310 e. The van der Waals surface area contributed by atoms with Gasteiger partial charge in [-0.15, -0.1) is 11.3 Å². The summed E-state index contributed by atoms with van der Waals surface area (Å²) in [5.74, 6) is 0. The van der Waals surface area contributed by atoms with Crippen LogP contribution < -0.4 is 5.32 Å². The molecule has 1 unspecified atom stereocenters. The highest BCUT2D eigenvalue weighted by atomic mass is 79.9. The van der Waals surface area contributed by atoms with Gasteiger partial charge in [0.05, 0.1) is 0 Å². The Bertz CT molecular complexity index is 495. The van der Waals surface area contributed by atoms with Crippen molar-refractivity contribution in [3.63, 3.8) is 0 Å². The number of likely N-dealkylation sites (N-methyl/N-ethyl adjacent to an activating group) is 1. The second-order valence-corrected chi connectivity index (χ2v) is 6.45. The lowest BCUT2D eigenvalue weighted by Crippen LogP contribution is -2.22. The quantitative estimate of drug-likeness (QED) is 0.799. The summed E-state index contributed by atoms with van der Waals surface area (Å²) in [5, 5.41) is 6.43. The Hall–Kier alpha value is -0.350. The van der Waals surface area contributed by atoms with E-state index in [1.54, 1.807) is 11.3 Å². The molecule has 0 spiro atoms. The van der Waals surface area contributed by atoms with Crippen LogP contribution in [0.3, 0.4) is 0 Å². The molecule has 0 aliphatic carbocycles. The predicted molar refractivity (Wildman–Crippen MR) is 83.6 cm³/mol. The maximum atomic E-state index is 5.93. The number of rotatable bonds is 5. The summed E-state index contributed by atoms with van der Waals surface area (Å²) < 4.78 is 1.16. The number of thiophene rings is 1. The van der Waals surface area contributed by atoms with Gasteiger partial charge >= 0.3 is 0 Å². The molecule has 0 saturated heterocycles. The topological polar surface area (TPSA) is 12.0 Å². The summed E-state index contributed by atoms with van der Waals surface area (Å²) in [6.45, 7) is 3.09. The molecule has 0 bridgehead atoms. The highest BCUT2D eigenvalue weighted by molar-refractivity contribution is 9.10. The maximum absolute atomic E-state index is 5.93. The van der Waals surface area contributed by atoms with Gasteiger partial charge in [-0.2, -0.15) is 0 Å². The molecule has 1 heterocycles. The van der Waals surface area contributed by atoms with E-state index in [1.807, 2.05) is 12.1 Å². The first-order valence-corrected chi connectivity index (χ1v) is 7.96. The third-order valence-corrected chi connectivity index (χ3v) is 4.72. The molecule has 4 heteroatoms. The zero-order chi connectivity index (χ0) is 13.0. The van der Waals surface area contributed by atoms with E-state index in [0.29, 0.717) is 6.04 Å². The van der Waals surface area contributed by atoms with Crippen molar-refractivity contribution in [2.75, 3.05) is 6.54 Å². The highest BCUT2D eigenvalue weighted by Gasteiger charge is 2.12. The first-order valence-electron chi connectivity index (χ1n) is 5.90. The van der Waals surface area contributed by atoms with E-state index in [-0.39, 0.29) is 0 Å². The first-order chi connectivity index (χ1) is 8.69. The summed E-state index contributed by atoms with van der Waals surface area (Å²) in [7, 11) is 0. The van der Waals surface area contributed by atoms with Crippen molar-refractivity contribution in [2.45, 2.75) is 19.4 Å². The Morgan fingerprint density at radius 2 is 2.06 bits per heavy atom. The van der Waals surface area contributed by atoms with Crippen molar-refractivity contribution in [3.05, 3.63) is 55.6 Å². The number of hydrogen-bond acceptors (Lipinski definition) is 2. The van der Waals surface area contributed by atoms with Crippen LogP contribution in [0, 0.1) is 0 Å². The van der Waals surface area contributed by atoms with Crippen LogP contribution in [0.4, 0.5) is 0 Å². The molecule has 1 atom stereocenters. The molecule has 0 amide bonds. The van der Waals surface area contributed by atoms with Crippen molar-refractivity contribution < 1.29 is 0 Å². The molecule has 1 N–H and O–H groups in total. The maximum Gasteiger partial charge on any atom is 0.0406 e. The molecule has 96 valence electrons. The molecule has 0 fully saturated rings. The van der Waals surface area contributed by atoms with Gasteiger partial charge in [-0.25, -0.2) is 0 Å². The van der Waals surface area contributed by atoms with Crippen molar-refractivity contribution in [3.8, 4) is 0 Å². The van der Waals surface area contributed by atoms with Crippen molar-refractivity contribution in [1.29, 1.82) is 0 Å². The van der Waals surface area contributed by atoms with Crippen LogP contribution in [0.5, 0.6) is 0 Å². The Balaban J connectivity index is 2.14. The Labute approximate surface area is 125 Å². The normalized spacial score (nSPS) is 12.6. The molecular weight excluding hydrogens is 330 g/mol. The Morgan fingerprint density at radius 1 is 1.33 bits per heavy atom. The van der Waals surface area contributed by atoms with Crippen LogP contribution in [-0.2, 0) is 6.42 Å². The zero-order valence-corrected chi connectivity index (χ0v) is 13.3. The molecule has 0 radical (unpaired) electrons. The minimum absolute atomic E-state index is 0.345. The molecule has 2 rings (SSSR count). The molecule has 1 aromatic heterocycles. The fourth-order valence-corrected chi connectivity index (χ4v) is 3.54. The zero-order valence-electron chi connectivity index (χ0n) is 10.1. The van der Waals surface area contributed by atoms with Crippen molar-refractivity contribution >= 4 is 38.9 Å². The fourth-order valence-electron chi connectivity index (χ4n) is 1.91. The van der Waals surface area contributed by atoms with Gasteiger partial charge in [0.1, 0.15) is 0 Å². The highest BCUT2D eigenvalue weighted by Crippen LogP contribution is 2.26. The van der Waals surface area contributed by atoms with E-state index in [1.165, 1.54) is 10.4 Å². The van der Waals surface area contributed by atoms with Crippen molar-refractivity contribution in [1.82, 2.24) is 5.32 Å². The van der Waals surface area contributed by atoms with E-state index in [4.69, 9.17) is 11.6 Å². The van der Waals surface area contributed by atoms with Gasteiger partial charge in [0.2, 0.25) is 0 Å². The first kappa shape index (κ1) is 14.1. The van der Waals surface area contributed by atoms with E-state index < -0.39 is 0 Å². The van der Waals surface area contributed by atoms with Gasteiger partial charge in [-0.3, -0.25) is 0 Å². The average Bonchev–Trinajstić information content (AvgIpc) is 2.75. The monoisotopic (exact) mass is 343 g/mol. The van der Waals surface area contributed by atoms with Gasteiger partial charge in [0.25, 0.3) is 0 Å². The van der Waals surface area contributed by atoms with Crippen LogP contribution >= 0.6 is 38.9 Å². The minimum atomic E-state index is 0.345. The molecule has 1 nitrogen and oxygen atoms in total. The van der Waals surface area contributed by atoms with Gasteiger partial charge in [0.15, 0.2) is 0 Å². The Kier molecular flexibility index (Phi) is 5.25. The molecule has 0 aliphatic heterocycles. The standard InChI is InChI=1S/C14H15BrClNS/c1-2-17-14(8-13-7-11(15)9-18-13)10-3-5-12(16)6-4-10/h3-7,9,14,17H,2,8H2,1H3. The summed E-state index contributed by atoms with van der Waals surface area (Å²) in [5.41, 5.74) is 1.28. The number of halogens is 2. The fraction of sp³-hybridized carbons (Fsp3) is 0.286. The number of benzene rings is 1. The number of hydrogen-bond donors (Lipinski definition) is 1. The molecule has 2 aromatic rings. The van der Waals surface area contributed by atoms with Crippen LogP contribution in [0.2, 0.25) is 5.02 Å². The third-order valence-electron chi connectivity index (χ3n) is 2.75. The lowest BCUT2D eigenvalue weighted by atomic mass is 10.0. The summed E-state index contributed by atoms with van der Waals surface area (Å²) in [6.07, 6.45) is 1.01. The second-order valence-electron chi connectivity index (χ2n) is 4.10. The van der Waals surface area contributed by atoms with Gasteiger partial charge < -0.3 is 5.32 Å². The molecule has 0 aliphatic rings. The van der Waals surface area contributed by atoms with Gasteiger partial charge in [0, 0.05) is 32.2 Å². The lowest BCUT2D eigenvalue weighted by Gasteiger charge is -2.17. The molecule has 1 aromatic carbocycles. The molecule has 18 heavy (non-hydrogen) atoms. The average molecular weight is 345 g/mol. The minimum Gasteiger partial charge on any atom is -0.310 e. The number of nitrogens with one attached hydrogen (secondary N) is 1. The van der Waals surface area contributed by atoms with Gasteiger partial charge in [-0.1, -0.05) is 30.7 Å². The smallest absolute Gasteiger partial charge is 0.0406 e. The summed E-state index contributed by atoms with van der Waals surface area (Å²) in [6, 6.07) is 10.6. The predicted octanol–water partition coefficient (Wildman–Crippen LogP) is 5.06. The van der Waals surface area contributed by atoms with E-state index in [9.17, 15) is 0 Å². The molecular formula is C14H15BrClNS. The summed E-state index contributed by atoms with van der Waals surface area (Å²) in [4.78, 5) is 1.38.